The largest absolute Gasteiger partial charge is 0.345 e. The van der Waals surface area contributed by atoms with Gasteiger partial charge in [-0.05, 0) is 50.4 Å². The van der Waals surface area contributed by atoms with Gasteiger partial charge in [0.05, 0.1) is 11.5 Å². The van der Waals surface area contributed by atoms with Gasteiger partial charge >= 0.3 is 0 Å². The highest BCUT2D eigenvalue weighted by molar-refractivity contribution is 7.91. The van der Waals surface area contributed by atoms with Gasteiger partial charge in [0.25, 0.3) is 0 Å². The van der Waals surface area contributed by atoms with Crippen LogP contribution in [0.25, 0.3) is 0 Å². The van der Waals surface area contributed by atoms with Crippen molar-refractivity contribution in [2.24, 2.45) is 17.8 Å². The van der Waals surface area contributed by atoms with Crippen LogP contribution in [0.15, 0.2) is 0 Å². The Morgan fingerprint density at radius 3 is 2.09 bits per heavy atom. The second-order valence-electron chi connectivity index (χ2n) is 7.31. The van der Waals surface area contributed by atoms with Gasteiger partial charge in [-0.2, -0.15) is 0 Å². The molecule has 3 aliphatic rings. The average Bonchev–Trinajstić information content (AvgIpc) is 3.37. The van der Waals surface area contributed by atoms with Crippen molar-refractivity contribution in [1.82, 2.24) is 10.2 Å². The first-order valence-corrected chi connectivity index (χ1v) is 10.5. The normalized spacial score (nSPS) is 25.2. The summed E-state index contributed by atoms with van der Waals surface area (Å²) in [5.41, 5.74) is 0. The summed E-state index contributed by atoms with van der Waals surface area (Å²) < 4.78 is 22.8. The molecular weight excluding hydrogens is 316 g/mol. The number of hydrogen-bond acceptors (Lipinski definition) is 4. The lowest BCUT2D eigenvalue weighted by atomic mass is 9.93. The minimum atomic E-state index is -3.00. The molecule has 1 atom stereocenters. The van der Waals surface area contributed by atoms with Gasteiger partial charge in [0.1, 0.15) is 6.04 Å². The summed E-state index contributed by atoms with van der Waals surface area (Å²) in [5.74, 6) is 1.74. The predicted octanol–water partition coefficient (Wildman–Crippen LogP) is 0.574. The third-order valence-corrected chi connectivity index (χ3v) is 6.89. The molecule has 0 unspecified atom stereocenters. The molecule has 3 fully saturated rings. The Kier molecular flexibility index (Phi) is 4.67. The zero-order chi connectivity index (χ0) is 16.6. The highest BCUT2D eigenvalue weighted by atomic mass is 32.2. The fraction of sp³-hybridized carbons (Fsp3) is 0.875. The maximum absolute atomic E-state index is 12.3. The molecule has 2 saturated carbocycles. The number of rotatable bonds is 6. The van der Waals surface area contributed by atoms with Crippen molar-refractivity contribution in [3.05, 3.63) is 0 Å². The van der Waals surface area contributed by atoms with E-state index in [1.54, 1.807) is 11.8 Å². The Hall–Kier alpha value is -1.11. The summed E-state index contributed by atoms with van der Waals surface area (Å²) in [4.78, 5) is 26.1. The van der Waals surface area contributed by atoms with Gasteiger partial charge in [0.15, 0.2) is 9.84 Å². The monoisotopic (exact) mass is 342 g/mol. The van der Waals surface area contributed by atoms with Gasteiger partial charge in [-0.1, -0.05) is 0 Å². The Labute approximate surface area is 137 Å². The minimum Gasteiger partial charge on any atom is -0.345 e. The van der Waals surface area contributed by atoms with Crippen LogP contribution in [0.2, 0.25) is 0 Å². The third-order valence-electron chi connectivity index (χ3n) is 5.28. The van der Waals surface area contributed by atoms with E-state index >= 15 is 0 Å². The SMILES string of the molecule is C[C@@H](NC(=O)CC(C1CC1)C1CC1)C(=O)N1CCS(=O)(=O)CC1. The molecule has 0 bridgehead atoms. The average molecular weight is 342 g/mol. The lowest BCUT2D eigenvalue weighted by molar-refractivity contribution is -0.136. The van der Waals surface area contributed by atoms with Crippen molar-refractivity contribution in [1.29, 1.82) is 0 Å². The number of sulfone groups is 1. The predicted molar refractivity (Wildman–Crippen MR) is 86.4 cm³/mol. The molecule has 6 nitrogen and oxygen atoms in total. The lowest BCUT2D eigenvalue weighted by Crippen LogP contribution is -2.51. The molecule has 0 radical (unpaired) electrons. The van der Waals surface area contributed by atoms with Gasteiger partial charge in [0.2, 0.25) is 11.8 Å². The summed E-state index contributed by atoms with van der Waals surface area (Å²) >= 11 is 0. The Bertz CT molecular complexity index is 555. The van der Waals surface area contributed by atoms with E-state index in [9.17, 15) is 18.0 Å². The molecule has 0 aromatic heterocycles. The quantitative estimate of drug-likeness (QED) is 0.765. The van der Waals surface area contributed by atoms with Crippen molar-refractivity contribution in [2.45, 2.75) is 45.1 Å². The zero-order valence-corrected chi connectivity index (χ0v) is 14.5. The van der Waals surface area contributed by atoms with Crippen LogP contribution in [0, 0.1) is 17.8 Å². The third kappa shape index (κ3) is 4.46. The van der Waals surface area contributed by atoms with Crippen LogP contribution in [0.5, 0.6) is 0 Å². The second kappa shape index (κ2) is 6.42. The highest BCUT2D eigenvalue weighted by Gasteiger charge is 2.42. The topological polar surface area (TPSA) is 83.6 Å². The summed E-state index contributed by atoms with van der Waals surface area (Å²) in [6.07, 6.45) is 5.49. The lowest BCUT2D eigenvalue weighted by Gasteiger charge is -2.29. The van der Waals surface area contributed by atoms with Gasteiger partial charge in [-0.25, -0.2) is 8.42 Å². The number of carbonyl (C=O) groups excluding carboxylic acids is 2. The van der Waals surface area contributed by atoms with Gasteiger partial charge in [-0.15, -0.1) is 0 Å². The van der Waals surface area contributed by atoms with Crippen LogP contribution >= 0.6 is 0 Å². The second-order valence-corrected chi connectivity index (χ2v) is 9.61. The van der Waals surface area contributed by atoms with Crippen molar-refractivity contribution in [3.8, 4) is 0 Å². The molecule has 23 heavy (non-hydrogen) atoms. The summed E-state index contributed by atoms with van der Waals surface area (Å²) in [5, 5.41) is 2.81. The van der Waals surface area contributed by atoms with Crippen LogP contribution in [0.3, 0.4) is 0 Å². The van der Waals surface area contributed by atoms with E-state index in [1.165, 1.54) is 25.7 Å². The van der Waals surface area contributed by atoms with Crippen LogP contribution < -0.4 is 5.32 Å². The maximum Gasteiger partial charge on any atom is 0.244 e. The molecule has 0 aromatic rings. The first-order chi connectivity index (χ1) is 10.9. The molecule has 2 aliphatic carbocycles. The summed E-state index contributed by atoms with van der Waals surface area (Å²) in [7, 11) is -3.00. The van der Waals surface area contributed by atoms with Crippen LogP contribution in [0.4, 0.5) is 0 Å². The number of nitrogens with zero attached hydrogens (tertiary/aromatic N) is 1. The van der Waals surface area contributed by atoms with Crippen LogP contribution in [0.1, 0.15) is 39.0 Å². The number of carbonyl (C=O) groups is 2. The Morgan fingerprint density at radius 1 is 1.09 bits per heavy atom. The molecule has 0 spiro atoms. The van der Waals surface area contributed by atoms with E-state index in [2.05, 4.69) is 5.32 Å². The van der Waals surface area contributed by atoms with Crippen molar-refractivity contribution >= 4 is 21.7 Å². The Morgan fingerprint density at radius 2 is 1.61 bits per heavy atom. The van der Waals surface area contributed by atoms with E-state index in [0.29, 0.717) is 24.2 Å². The van der Waals surface area contributed by atoms with E-state index < -0.39 is 15.9 Å². The van der Waals surface area contributed by atoms with Crippen molar-refractivity contribution in [3.63, 3.8) is 0 Å². The van der Waals surface area contributed by atoms with E-state index in [1.807, 2.05) is 0 Å². The van der Waals surface area contributed by atoms with Gasteiger partial charge < -0.3 is 10.2 Å². The summed E-state index contributed by atoms with van der Waals surface area (Å²) in [6.45, 7) is 2.15. The maximum atomic E-state index is 12.3. The molecule has 1 N–H and O–H groups in total. The molecular formula is C16H26N2O4S. The molecule has 7 heteroatoms. The molecule has 0 aromatic carbocycles. The van der Waals surface area contributed by atoms with E-state index in [0.717, 1.165) is 0 Å². The van der Waals surface area contributed by atoms with E-state index in [-0.39, 0.29) is 36.4 Å². The molecule has 3 rings (SSSR count). The molecule has 1 aliphatic heterocycles. The molecule has 1 saturated heterocycles. The van der Waals surface area contributed by atoms with Gasteiger partial charge in [-0.3, -0.25) is 9.59 Å². The molecule has 1 heterocycles. The fourth-order valence-corrected chi connectivity index (χ4v) is 4.75. The standard InChI is InChI=1S/C16H26N2O4S/c1-11(16(20)18-6-8-23(21,22)9-7-18)17-15(19)10-14(12-2-3-12)13-4-5-13/h11-14H,2-10H2,1H3,(H,17,19)/t11-/m1/s1. The molecule has 130 valence electrons. The van der Waals surface area contributed by atoms with Gasteiger partial charge in [0, 0.05) is 19.5 Å². The summed E-state index contributed by atoms with van der Waals surface area (Å²) in [6, 6.07) is -0.581. The number of amides is 2. The zero-order valence-electron chi connectivity index (χ0n) is 13.7. The molecule has 2 amide bonds. The first-order valence-electron chi connectivity index (χ1n) is 8.64. The van der Waals surface area contributed by atoms with Crippen molar-refractivity contribution in [2.75, 3.05) is 24.6 Å². The van der Waals surface area contributed by atoms with Crippen LogP contribution in [-0.4, -0.2) is 55.8 Å². The minimum absolute atomic E-state index is 0.0187. The number of nitrogens with one attached hydrogen (secondary N) is 1. The Balaban J connectivity index is 1.46. The van der Waals surface area contributed by atoms with E-state index in [4.69, 9.17) is 0 Å². The van der Waals surface area contributed by atoms with Crippen molar-refractivity contribution < 1.29 is 18.0 Å². The fourth-order valence-electron chi connectivity index (χ4n) is 3.55. The van der Waals surface area contributed by atoms with Crippen LogP contribution in [-0.2, 0) is 19.4 Å². The smallest absolute Gasteiger partial charge is 0.244 e. The highest BCUT2D eigenvalue weighted by Crippen LogP contribution is 2.50. The number of hydrogen-bond donors (Lipinski definition) is 1. The first kappa shape index (κ1) is 16.7.